The molecule has 0 spiro atoms. The van der Waals surface area contributed by atoms with Crippen LogP contribution in [0, 0.1) is 11.6 Å². The Bertz CT molecular complexity index is 762. The molecule has 2 aromatic rings. The molecule has 29 heavy (non-hydrogen) atoms. The van der Waals surface area contributed by atoms with Crippen LogP contribution in [-0.2, 0) is 13.0 Å². The molecule has 0 atom stereocenters. The van der Waals surface area contributed by atoms with Gasteiger partial charge in [-0.3, -0.25) is 9.89 Å². The van der Waals surface area contributed by atoms with Gasteiger partial charge in [-0.25, -0.2) is 8.78 Å². The molecule has 0 bridgehead atoms. The first-order valence-corrected chi connectivity index (χ1v) is 10.8. The Hall–Kier alpha value is -1.26. The van der Waals surface area contributed by atoms with Gasteiger partial charge in [0, 0.05) is 38.8 Å². The van der Waals surface area contributed by atoms with Crippen molar-refractivity contribution in [1.82, 2.24) is 15.5 Å². The van der Waals surface area contributed by atoms with Crippen molar-refractivity contribution in [2.45, 2.75) is 38.8 Å². The Morgan fingerprint density at radius 3 is 2.72 bits per heavy atom. The zero-order valence-corrected chi connectivity index (χ0v) is 19.8. The molecule has 3 rings (SSSR count). The van der Waals surface area contributed by atoms with Crippen molar-refractivity contribution in [3.05, 3.63) is 57.8 Å². The molecule has 0 saturated carbocycles. The summed E-state index contributed by atoms with van der Waals surface area (Å²) < 4.78 is 27.1. The van der Waals surface area contributed by atoms with E-state index in [4.69, 9.17) is 0 Å². The summed E-state index contributed by atoms with van der Waals surface area (Å²) in [7, 11) is 0. The number of nitrogens with one attached hydrogen (secondary N) is 2. The van der Waals surface area contributed by atoms with Crippen molar-refractivity contribution in [3.8, 4) is 0 Å². The number of hydrogen-bond donors (Lipinski definition) is 2. The number of rotatable bonds is 7. The van der Waals surface area contributed by atoms with E-state index in [1.807, 2.05) is 6.92 Å². The second-order valence-corrected chi connectivity index (χ2v) is 7.83. The molecule has 4 nitrogen and oxygen atoms in total. The molecule has 1 aromatic heterocycles. The Morgan fingerprint density at radius 1 is 1.24 bits per heavy atom. The maximum absolute atomic E-state index is 13.8. The van der Waals surface area contributed by atoms with Crippen LogP contribution >= 0.6 is 35.3 Å². The summed E-state index contributed by atoms with van der Waals surface area (Å²) in [5.74, 6) is -0.829. The average Bonchev–Trinajstić information content (AvgIpc) is 3.20. The van der Waals surface area contributed by atoms with Crippen LogP contribution in [0.1, 0.15) is 30.9 Å². The number of likely N-dealkylation sites (tertiary alicyclic amines) is 1. The second kappa shape index (κ2) is 12.4. The topological polar surface area (TPSA) is 39.7 Å². The van der Waals surface area contributed by atoms with E-state index in [9.17, 15) is 8.78 Å². The van der Waals surface area contributed by atoms with Crippen molar-refractivity contribution in [1.29, 1.82) is 0 Å². The van der Waals surface area contributed by atoms with E-state index in [1.54, 1.807) is 17.4 Å². The SMILES string of the molecule is CCNC(=NCCc1cccc(F)c1F)NC1CCN(Cc2ccsc2)CC1.I. The number of aliphatic imine (C=N–C) groups is 1. The number of thiophene rings is 1. The third-order valence-electron chi connectivity index (χ3n) is 4.94. The van der Waals surface area contributed by atoms with Crippen LogP contribution < -0.4 is 10.6 Å². The summed E-state index contributed by atoms with van der Waals surface area (Å²) in [4.78, 5) is 7.03. The molecule has 0 amide bonds. The summed E-state index contributed by atoms with van der Waals surface area (Å²) in [6.07, 6.45) is 2.50. The molecule has 1 saturated heterocycles. The van der Waals surface area contributed by atoms with Crippen LogP contribution in [0.15, 0.2) is 40.0 Å². The fourth-order valence-electron chi connectivity index (χ4n) is 3.42. The standard InChI is InChI=1S/C21H28F2N4S.HI/c1-2-24-21(25-10-6-17-4-3-5-19(22)20(17)23)26-18-7-11-27(12-8-18)14-16-9-13-28-15-16;/h3-5,9,13,15,18H,2,6-8,10-12,14H2,1H3,(H2,24,25,26);1H. The second-order valence-electron chi connectivity index (χ2n) is 7.05. The van der Waals surface area contributed by atoms with Crippen LogP contribution in [-0.4, -0.2) is 43.1 Å². The molecule has 2 N–H and O–H groups in total. The monoisotopic (exact) mass is 534 g/mol. The molecule has 8 heteroatoms. The Balaban J connectivity index is 0.00000300. The minimum Gasteiger partial charge on any atom is -0.357 e. The number of benzene rings is 1. The van der Waals surface area contributed by atoms with E-state index in [0.29, 0.717) is 24.6 Å². The van der Waals surface area contributed by atoms with Crippen molar-refractivity contribution < 1.29 is 8.78 Å². The highest BCUT2D eigenvalue weighted by Crippen LogP contribution is 2.16. The largest absolute Gasteiger partial charge is 0.357 e. The lowest BCUT2D eigenvalue weighted by Gasteiger charge is -2.33. The molecule has 160 valence electrons. The molecule has 0 aliphatic carbocycles. The fourth-order valence-corrected chi connectivity index (χ4v) is 4.08. The van der Waals surface area contributed by atoms with Gasteiger partial charge in [0.15, 0.2) is 17.6 Å². The van der Waals surface area contributed by atoms with Gasteiger partial charge in [-0.1, -0.05) is 12.1 Å². The third-order valence-corrected chi connectivity index (χ3v) is 5.67. The number of halogens is 3. The highest BCUT2D eigenvalue weighted by Gasteiger charge is 2.20. The van der Waals surface area contributed by atoms with E-state index in [-0.39, 0.29) is 24.0 Å². The number of piperidine rings is 1. The fraction of sp³-hybridized carbons (Fsp3) is 0.476. The summed E-state index contributed by atoms with van der Waals surface area (Å²) in [5, 5.41) is 11.1. The van der Waals surface area contributed by atoms with E-state index in [2.05, 4.69) is 37.4 Å². The van der Waals surface area contributed by atoms with Crippen molar-refractivity contribution >= 4 is 41.3 Å². The minimum atomic E-state index is -0.805. The Labute approximate surface area is 192 Å². The van der Waals surface area contributed by atoms with Crippen LogP contribution in [0.2, 0.25) is 0 Å². The third kappa shape index (κ3) is 7.49. The molecule has 1 aromatic carbocycles. The zero-order valence-electron chi connectivity index (χ0n) is 16.7. The van der Waals surface area contributed by atoms with Gasteiger partial charge in [-0.05, 0) is 60.2 Å². The lowest BCUT2D eigenvalue weighted by molar-refractivity contribution is 0.198. The van der Waals surface area contributed by atoms with Crippen molar-refractivity contribution in [2.24, 2.45) is 4.99 Å². The molecule has 0 unspecified atom stereocenters. The summed E-state index contributed by atoms with van der Waals surface area (Å²) >= 11 is 1.74. The van der Waals surface area contributed by atoms with Crippen LogP contribution in [0.4, 0.5) is 8.78 Å². The molecular weight excluding hydrogens is 505 g/mol. The van der Waals surface area contributed by atoms with Crippen LogP contribution in [0.25, 0.3) is 0 Å². The predicted molar refractivity (Wildman–Crippen MR) is 127 cm³/mol. The van der Waals surface area contributed by atoms with Gasteiger partial charge in [0.2, 0.25) is 0 Å². The van der Waals surface area contributed by atoms with Crippen LogP contribution in [0.5, 0.6) is 0 Å². The number of hydrogen-bond acceptors (Lipinski definition) is 3. The lowest BCUT2D eigenvalue weighted by Crippen LogP contribution is -2.48. The Kier molecular flexibility index (Phi) is 10.3. The zero-order chi connectivity index (χ0) is 19.8. The van der Waals surface area contributed by atoms with E-state index in [1.165, 1.54) is 11.6 Å². The van der Waals surface area contributed by atoms with Crippen molar-refractivity contribution in [3.63, 3.8) is 0 Å². The first-order valence-electron chi connectivity index (χ1n) is 9.87. The predicted octanol–water partition coefficient (Wildman–Crippen LogP) is 4.41. The maximum Gasteiger partial charge on any atom is 0.191 e. The van der Waals surface area contributed by atoms with Gasteiger partial charge in [0.1, 0.15) is 0 Å². The van der Waals surface area contributed by atoms with E-state index >= 15 is 0 Å². The normalized spacial score (nSPS) is 15.8. The van der Waals surface area contributed by atoms with Gasteiger partial charge in [0.25, 0.3) is 0 Å². The van der Waals surface area contributed by atoms with Gasteiger partial charge < -0.3 is 10.6 Å². The highest BCUT2D eigenvalue weighted by molar-refractivity contribution is 14.0. The van der Waals surface area contributed by atoms with Crippen LogP contribution in [0.3, 0.4) is 0 Å². The van der Waals surface area contributed by atoms with Gasteiger partial charge in [0.05, 0.1) is 0 Å². The average molecular weight is 534 g/mol. The smallest absolute Gasteiger partial charge is 0.191 e. The van der Waals surface area contributed by atoms with E-state index < -0.39 is 11.6 Å². The van der Waals surface area contributed by atoms with E-state index in [0.717, 1.165) is 51.0 Å². The molecule has 1 fully saturated rings. The first-order chi connectivity index (χ1) is 13.7. The van der Waals surface area contributed by atoms with Gasteiger partial charge in [-0.15, -0.1) is 24.0 Å². The molecule has 1 aliphatic rings. The minimum absolute atomic E-state index is 0. The molecular formula is C21H29F2IN4S. The summed E-state index contributed by atoms with van der Waals surface area (Å²) in [5.41, 5.74) is 1.75. The van der Waals surface area contributed by atoms with Gasteiger partial charge in [-0.2, -0.15) is 11.3 Å². The van der Waals surface area contributed by atoms with Gasteiger partial charge >= 0.3 is 0 Å². The number of guanidine groups is 1. The maximum atomic E-state index is 13.8. The Morgan fingerprint density at radius 2 is 2.03 bits per heavy atom. The number of nitrogens with zero attached hydrogens (tertiary/aromatic N) is 2. The highest BCUT2D eigenvalue weighted by atomic mass is 127. The van der Waals surface area contributed by atoms with Crippen molar-refractivity contribution in [2.75, 3.05) is 26.2 Å². The molecule has 2 heterocycles. The summed E-state index contributed by atoms with van der Waals surface area (Å²) in [6, 6.07) is 6.84. The first kappa shape index (κ1) is 24.0. The molecule has 1 aliphatic heterocycles. The lowest BCUT2D eigenvalue weighted by atomic mass is 10.0. The molecule has 0 radical (unpaired) electrons. The quantitative estimate of drug-likeness (QED) is 0.314. The summed E-state index contributed by atoms with van der Waals surface area (Å²) in [6.45, 7) is 6.32.